The van der Waals surface area contributed by atoms with Crippen molar-refractivity contribution in [3.63, 3.8) is 0 Å². The lowest BCUT2D eigenvalue weighted by Crippen LogP contribution is -2.44. The Morgan fingerprint density at radius 2 is 1.75 bits per heavy atom. The van der Waals surface area contributed by atoms with E-state index >= 15 is 0 Å². The molecule has 1 aliphatic heterocycles. The van der Waals surface area contributed by atoms with E-state index in [1.54, 1.807) is 0 Å². The summed E-state index contributed by atoms with van der Waals surface area (Å²) in [6, 6.07) is 9.62. The maximum absolute atomic E-state index is 12.5. The molecule has 110 valence electrons. The van der Waals surface area contributed by atoms with Crippen molar-refractivity contribution >= 4 is 17.5 Å². The van der Waals surface area contributed by atoms with Gasteiger partial charge in [-0.2, -0.15) is 0 Å². The lowest BCUT2D eigenvalue weighted by molar-refractivity contribution is -0.133. The maximum atomic E-state index is 12.5. The van der Waals surface area contributed by atoms with Gasteiger partial charge in [0.15, 0.2) is 0 Å². The van der Waals surface area contributed by atoms with Crippen LogP contribution in [-0.4, -0.2) is 23.9 Å². The van der Waals surface area contributed by atoms with E-state index < -0.39 is 5.38 Å². The minimum atomic E-state index is -0.549. The molecule has 0 spiro atoms. The van der Waals surface area contributed by atoms with Gasteiger partial charge in [0.1, 0.15) is 5.38 Å². The molecule has 1 aliphatic rings. The van der Waals surface area contributed by atoms with E-state index in [9.17, 15) is 4.79 Å². The van der Waals surface area contributed by atoms with Crippen molar-refractivity contribution in [3.8, 4) is 0 Å². The number of benzene rings is 1. The Balaban J connectivity index is 1.98. The Hall–Kier alpha value is -1.02. The molecule has 0 radical (unpaired) electrons. The summed E-state index contributed by atoms with van der Waals surface area (Å²) in [6.07, 6.45) is 4.61. The van der Waals surface area contributed by atoms with Crippen LogP contribution in [0.3, 0.4) is 0 Å². The molecule has 0 aliphatic carbocycles. The van der Waals surface area contributed by atoms with Gasteiger partial charge in [-0.25, -0.2) is 0 Å². The van der Waals surface area contributed by atoms with E-state index in [2.05, 4.69) is 13.8 Å². The molecule has 1 heterocycles. The molecular formula is C17H24ClNO. The molecule has 3 heteroatoms. The summed E-state index contributed by atoms with van der Waals surface area (Å²) in [5.74, 6) is 0.0543. The van der Waals surface area contributed by atoms with Gasteiger partial charge in [-0.1, -0.05) is 57.0 Å². The SMILES string of the molecule is CCC1(CC)CCN(C(=O)C(Cl)c2ccccc2)CC1. The fraction of sp³-hybridized carbons (Fsp3) is 0.588. The molecule has 1 aromatic carbocycles. The number of rotatable bonds is 4. The highest BCUT2D eigenvalue weighted by atomic mass is 35.5. The van der Waals surface area contributed by atoms with Crippen LogP contribution in [0.25, 0.3) is 0 Å². The van der Waals surface area contributed by atoms with Crippen LogP contribution < -0.4 is 0 Å². The van der Waals surface area contributed by atoms with E-state index in [4.69, 9.17) is 11.6 Å². The van der Waals surface area contributed by atoms with E-state index in [0.29, 0.717) is 5.41 Å². The number of alkyl halides is 1. The first-order valence-corrected chi connectivity index (χ1v) is 8.03. The highest BCUT2D eigenvalue weighted by molar-refractivity contribution is 6.30. The fourth-order valence-corrected chi connectivity index (χ4v) is 3.37. The monoisotopic (exact) mass is 293 g/mol. The molecule has 2 nitrogen and oxygen atoms in total. The highest BCUT2D eigenvalue weighted by Gasteiger charge is 2.34. The van der Waals surface area contributed by atoms with Crippen molar-refractivity contribution in [1.82, 2.24) is 4.90 Å². The Labute approximate surface area is 127 Å². The normalized spacial score (nSPS) is 19.6. The van der Waals surface area contributed by atoms with Crippen molar-refractivity contribution in [2.24, 2.45) is 5.41 Å². The first-order chi connectivity index (χ1) is 9.62. The van der Waals surface area contributed by atoms with Crippen LogP contribution in [0.1, 0.15) is 50.5 Å². The third-order valence-electron chi connectivity index (χ3n) is 4.94. The van der Waals surface area contributed by atoms with Crippen LogP contribution >= 0.6 is 11.6 Å². The largest absolute Gasteiger partial charge is 0.341 e. The van der Waals surface area contributed by atoms with Crippen LogP contribution in [0.2, 0.25) is 0 Å². The van der Waals surface area contributed by atoms with Crippen LogP contribution in [0.4, 0.5) is 0 Å². The number of likely N-dealkylation sites (tertiary alicyclic amines) is 1. The summed E-state index contributed by atoms with van der Waals surface area (Å²) in [6.45, 7) is 6.21. The average Bonchev–Trinajstić information content (AvgIpc) is 2.54. The average molecular weight is 294 g/mol. The number of halogens is 1. The zero-order chi connectivity index (χ0) is 14.6. The van der Waals surface area contributed by atoms with Crippen molar-refractivity contribution in [2.75, 3.05) is 13.1 Å². The molecule has 0 bridgehead atoms. The number of carbonyl (C=O) groups excluding carboxylic acids is 1. The maximum Gasteiger partial charge on any atom is 0.245 e. The van der Waals surface area contributed by atoms with Crippen molar-refractivity contribution in [3.05, 3.63) is 35.9 Å². The van der Waals surface area contributed by atoms with Gasteiger partial charge >= 0.3 is 0 Å². The number of nitrogens with zero attached hydrogens (tertiary/aromatic N) is 1. The van der Waals surface area contributed by atoms with Gasteiger partial charge in [0, 0.05) is 13.1 Å². The van der Waals surface area contributed by atoms with Gasteiger partial charge in [-0.05, 0) is 23.8 Å². The fourth-order valence-electron chi connectivity index (χ4n) is 3.08. The van der Waals surface area contributed by atoms with Crippen LogP contribution in [0.15, 0.2) is 30.3 Å². The summed E-state index contributed by atoms with van der Waals surface area (Å²) >= 11 is 6.34. The second-order valence-corrected chi connectivity index (χ2v) is 6.24. The summed E-state index contributed by atoms with van der Waals surface area (Å²) < 4.78 is 0. The molecule has 20 heavy (non-hydrogen) atoms. The van der Waals surface area contributed by atoms with Crippen molar-refractivity contribution < 1.29 is 4.79 Å². The molecular weight excluding hydrogens is 270 g/mol. The Morgan fingerprint density at radius 1 is 1.20 bits per heavy atom. The summed E-state index contributed by atoms with van der Waals surface area (Å²) in [5.41, 5.74) is 1.33. The number of hydrogen-bond acceptors (Lipinski definition) is 1. The van der Waals surface area contributed by atoms with Gasteiger partial charge in [0.25, 0.3) is 0 Å². The van der Waals surface area contributed by atoms with Gasteiger partial charge in [-0.3, -0.25) is 4.79 Å². The highest BCUT2D eigenvalue weighted by Crippen LogP contribution is 2.38. The smallest absolute Gasteiger partial charge is 0.245 e. The standard InChI is InChI=1S/C17H24ClNO/c1-3-17(4-2)10-12-19(13-11-17)16(20)15(18)14-8-6-5-7-9-14/h5-9,15H,3-4,10-13H2,1-2H3. The van der Waals surface area contributed by atoms with Gasteiger partial charge in [-0.15, -0.1) is 11.6 Å². The Kier molecular flexibility index (Phi) is 5.09. The number of piperidine rings is 1. The Bertz CT molecular complexity index is 432. The first kappa shape index (κ1) is 15.4. The van der Waals surface area contributed by atoms with Crippen LogP contribution in [-0.2, 0) is 4.79 Å². The van der Waals surface area contributed by atoms with Gasteiger partial charge in [0.2, 0.25) is 5.91 Å². The Morgan fingerprint density at radius 3 is 2.25 bits per heavy atom. The second kappa shape index (κ2) is 6.62. The van der Waals surface area contributed by atoms with Crippen molar-refractivity contribution in [1.29, 1.82) is 0 Å². The number of hydrogen-bond donors (Lipinski definition) is 0. The quantitative estimate of drug-likeness (QED) is 0.754. The number of carbonyl (C=O) groups is 1. The summed E-state index contributed by atoms with van der Waals surface area (Å²) in [5, 5.41) is -0.549. The predicted molar refractivity (Wildman–Crippen MR) is 83.9 cm³/mol. The van der Waals surface area contributed by atoms with E-state index in [1.165, 1.54) is 12.8 Å². The molecule has 1 atom stereocenters. The molecule has 1 fully saturated rings. The molecule has 1 saturated heterocycles. The first-order valence-electron chi connectivity index (χ1n) is 7.59. The van der Waals surface area contributed by atoms with Crippen molar-refractivity contribution in [2.45, 2.75) is 44.9 Å². The molecule has 2 rings (SSSR count). The number of amides is 1. The molecule has 0 saturated carbocycles. The van der Waals surface area contributed by atoms with E-state index in [-0.39, 0.29) is 5.91 Å². The third kappa shape index (κ3) is 3.17. The topological polar surface area (TPSA) is 20.3 Å². The molecule has 1 unspecified atom stereocenters. The van der Waals surface area contributed by atoms with Gasteiger partial charge in [0.05, 0.1) is 0 Å². The zero-order valence-corrected chi connectivity index (χ0v) is 13.2. The molecule has 0 N–H and O–H groups in total. The molecule has 0 aromatic heterocycles. The van der Waals surface area contributed by atoms with Crippen LogP contribution in [0.5, 0.6) is 0 Å². The lowest BCUT2D eigenvalue weighted by Gasteiger charge is -2.41. The summed E-state index contributed by atoms with van der Waals surface area (Å²) in [7, 11) is 0. The lowest BCUT2D eigenvalue weighted by atomic mass is 9.74. The molecule has 1 aromatic rings. The second-order valence-electron chi connectivity index (χ2n) is 5.81. The minimum absolute atomic E-state index is 0.0543. The zero-order valence-electron chi connectivity index (χ0n) is 12.4. The summed E-state index contributed by atoms with van der Waals surface area (Å²) in [4.78, 5) is 14.4. The minimum Gasteiger partial charge on any atom is -0.341 e. The molecule has 1 amide bonds. The third-order valence-corrected chi connectivity index (χ3v) is 5.38. The van der Waals surface area contributed by atoms with E-state index in [1.807, 2.05) is 35.2 Å². The van der Waals surface area contributed by atoms with Gasteiger partial charge < -0.3 is 4.90 Å². The predicted octanol–water partition coefficient (Wildman–Crippen LogP) is 4.40. The van der Waals surface area contributed by atoms with E-state index in [0.717, 1.165) is 31.5 Å². The van der Waals surface area contributed by atoms with Crippen LogP contribution in [0, 0.1) is 5.41 Å².